The number of aryl methyl sites for hydroxylation is 1. The van der Waals surface area contributed by atoms with Gasteiger partial charge in [-0.1, -0.05) is 35.0 Å². The van der Waals surface area contributed by atoms with E-state index in [9.17, 15) is 0 Å². The van der Waals surface area contributed by atoms with Gasteiger partial charge in [-0.25, -0.2) is 0 Å². The number of benzene rings is 1. The highest BCUT2D eigenvalue weighted by Crippen LogP contribution is 2.34. The third kappa shape index (κ3) is 2.90. The predicted octanol–water partition coefficient (Wildman–Crippen LogP) is 3.24. The molecule has 0 radical (unpaired) electrons. The second-order valence-corrected chi connectivity index (χ2v) is 5.68. The minimum Gasteiger partial charge on any atom is -0.329 e. The van der Waals surface area contributed by atoms with E-state index in [2.05, 4.69) is 52.9 Å². The smallest absolute Gasteiger partial charge is 0.0473 e. The van der Waals surface area contributed by atoms with Crippen molar-refractivity contribution in [2.24, 2.45) is 5.73 Å². The molecule has 94 valence electrons. The molecule has 3 heteroatoms. The van der Waals surface area contributed by atoms with Crippen LogP contribution in [0.15, 0.2) is 22.7 Å². The average molecular weight is 297 g/mol. The Balaban J connectivity index is 2.23. The summed E-state index contributed by atoms with van der Waals surface area (Å²) in [5.41, 5.74) is 8.59. The third-order valence-electron chi connectivity index (χ3n) is 3.59. The van der Waals surface area contributed by atoms with Crippen LogP contribution in [0.25, 0.3) is 0 Å². The van der Waals surface area contributed by atoms with Gasteiger partial charge in [0.2, 0.25) is 0 Å². The second-order valence-electron chi connectivity index (χ2n) is 4.82. The summed E-state index contributed by atoms with van der Waals surface area (Å²) < 4.78 is 1.18. The Kier molecular flexibility index (Phi) is 4.23. The van der Waals surface area contributed by atoms with Gasteiger partial charge in [-0.2, -0.15) is 0 Å². The Morgan fingerprint density at radius 2 is 2.18 bits per heavy atom. The molecule has 0 saturated heterocycles. The first-order valence-electron chi connectivity index (χ1n) is 6.39. The summed E-state index contributed by atoms with van der Waals surface area (Å²) in [7, 11) is 0. The van der Waals surface area contributed by atoms with Crippen molar-refractivity contribution >= 4 is 15.9 Å². The Labute approximate surface area is 112 Å². The maximum Gasteiger partial charge on any atom is 0.0473 e. The van der Waals surface area contributed by atoms with Crippen molar-refractivity contribution in [3.05, 3.63) is 33.8 Å². The van der Waals surface area contributed by atoms with Crippen LogP contribution in [0.2, 0.25) is 0 Å². The first-order valence-corrected chi connectivity index (χ1v) is 7.18. The molecule has 1 fully saturated rings. The quantitative estimate of drug-likeness (QED) is 0.904. The van der Waals surface area contributed by atoms with Gasteiger partial charge in [-0.15, -0.1) is 0 Å². The third-order valence-corrected chi connectivity index (χ3v) is 4.44. The highest BCUT2D eigenvalue weighted by atomic mass is 79.9. The molecule has 1 aliphatic carbocycles. The number of nitrogens with two attached hydrogens (primary N) is 1. The molecule has 1 atom stereocenters. The zero-order valence-corrected chi connectivity index (χ0v) is 12.2. The van der Waals surface area contributed by atoms with Crippen LogP contribution in [0.3, 0.4) is 0 Å². The number of halogens is 1. The predicted molar refractivity (Wildman–Crippen MR) is 76.1 cm³/mol. The minimum atomic E-state index is 0.365. The first kappa shape index (κ1) is 13.1. The highest BCUT2D eigenvalue weighted by Gasteiger charge is 2.32. The minimum absolute atomic E-state index is 0.365. The van der Waals surface area contributed by atoms with Crippen LogP contribution in [-0.4, -0.2) is 24.0 Å². The maximum atomic E-state index is 5.98. The van der Waals surface area contributed by atoms with Crippen molar-refractivity contribution in [2.75, 3.05) is 13.1 Å². The Morgan fingerprint density at radius 1 is 1.47 bits per heavy atom. The lowest BCUT2D eigenvalue weighted by Gasteiger charge is -2.30. The van der Waals surface area contributed by atoms with Crippen LogP contribution >= 0.6 is 15.9 Å². The lowest BCUT2D eigenvalue weighted by atomic mass is 10.0. The molecule has 1 aliphatic rings. The molecule has 2 nitrogen and oxygen atoms in total. The van der Waals surface area contributed by atoms with Crippen molar-refractivity contribution in [2.45, 2.75) is 38.8 Å². The summed E-state index contributed by atoms with van der Waals surface area (Å²) in [6.45, 7) is 6.12. The Bertz CT molecular complexity index is 388. The van der Waals surface area contributed by atoms with E-state index in [1.807, 2.05) is 0 Å². The molecule has 0 aromatic heterocycles. The van der Waals surface area contributed by atoms with E-state index in [0.717, 1.165) is 12.6 Å². The summed E-state index contributed by atoms with van der Waals surface area (Å²) in [6.07, 6.45) is 2.66. The lowest BCUT2D eigenvalue weighted by molar-refractivity contribution is 0.202. The average Bonchev–Trinajstić information content (AvgIpc) is 3.14. The summed E-state index contributed by atoms with van der Waals surface area (Å²) >= 11 is 3.61. The van der Waals surface area contributed by atoms with Gasteiger partial charge < -0.3 is 5.73 Å². The van der Waals surface area contributed by atoms with Crippen LogP contribution in [0.1, 0.15) is 36.9 Å². The maximum absolute atomic E-state index is 5.98. The molecule has 1 aromatic carbocycles. The van der Waals surface area contributed by atoms with Gasteiger partial charge in [0, 0.05) is 23.1 Å². The summed E-state index contributed by atoms with van der Waals surface area (Å²) in [4.78, 5) is 2.54. The van der Waals surface area contributed by atoms with Crippen molar-refractivity contribution in [3.8, 4) is 0 Å². The van der Waals surface area contributed by atoms with Gasteiger partial charge in [-0.05, 0) is 43.5 Å². The van der Waals surface area contributed by atoms with E-state index < -0.39 is 0 Å². The Morgan fingerprint density at radius 3 is 2.65 bits per heavy atom. The fourth-order valence-corrected chi connectivity index (χ4v) is 2.82. The normalized spacial score (nSPS) is 17.5. The van der Waals surface area contributed by atoms with Crippen molar-refractivity contribution in [1.82, 2.24) is 4.90 Å². The van der Waals surface area contributed by atoms with Crippen LogP contribution in [-0.2, 0) is 0 Å². The van der Waals surface area contributed by atoms with E-state index >= 15 is 0 Å². The van der Waals surface area contributed by atoms with Gasteiger partial charge in [0.1, 0.15) is 0 Å². The molecule has 1 aromatic rings. The number of hydrogen-bond donors (Lipinski definition) is 1. The Hall–Kier alpha value is -0.380. The fourth-order valence-electron chi connectivity index (χ4n) is 2.42. The zero-order valence-electron chi connectivity index (χ0n) is 10.6. The molecule has 0 spiro atoms. The number of hydrogen-bond acceptors (Lipinski definition) is 2. The topological polar surface area (TPSA) is 29.3 Å². The number of likely N-dealkylation sites (N-methyl/N-ethyl adjacent to an activating group) is 1. The van der Waals surface area contributed by atoms with Crippen LogP contribution in [0.5, 0.6) is 0 Å². The highest BCUT2D eigenvalue weighted by molar-refractivity contribution is 9.10. The van der Waals surface area contributed by atoms with Crippen LogP contribution in [0, 0.1) is 6.92 Å². The second kappa shape index (κ2) is 5.51. The summed E-state index contributed by atoms with van der Waals surface area (Å²) in [5, 5.41) is 0. The van der Waals surface area contributed by atoms with Gasteiger partial charge in [-0.3, -0.25) is 4.90 Å². The monoisotopic (exact) mass is 296 g/mol. The van der Waals surface area contributed by atoms with E-state index in [1.54, 1.807) is 0 Å². The first-order chi connectivity index (χ1) is 8.17. The molecule has 2 N–H and O–H groups in total. The van der Waals surface area contributed by atoms with Crippen molar-refractivity contribution < 1.29 is 0 Å². The molecule has 1 unspecified atom stereocenters. The largest absolute Gasteiger partial charge is 0.329 e. The number of nitrogens with zero attached hydrogens (tertiary/aromatic N) is 1. The lowest BCUT2D eigenvalue weighted by Crippen LogP contribution is -2.35. The van der Waals surface area contributed by atoms with Gasteiger partial charge in [0.15, 0.2) is 0 Å². The van der Waals surface area contributed by atoms with E-state index in [4.69, 9.17) is 5.73 Å². The molecular weight excluding hydrogens is 276 g/mol. The van der Waals surface area contributed by atoms with Crippen molar-refractivity contribution in [3.63, 3.8) is 0 Å². The molecule has 1 saturated carbocycles. The molecule has 0 bridgehead atoms. The fraction of sp³-hybridized carbons (Fsp3) is 0.571. The molecular formula is C14H21BrN2. The molecule has 0 aliphatic heterocycles. The summed E-state index contributed by atoms with van der Waals surface area (Å²) in [6, 6.07) is 7.72. The van der Waals surface area contributed by atoms with E-state index in [1.165, 1.54) is 28.4 Å². The van der Waals surface area contributed by atoms with Gasteiger partial charge >= 0.3 is 0 Å². The molecule has 0 amide bonds. The van der Waals surface area contributed by atoms with Crippen LogP contribution < -0.4 is 5.73 Å². The molecule has 0 heterocycles. The molecule has 2 rings (SSSR count). The van der Waals surface area contributed by atoms with E-state index in [0.29, 0.717) is 12.6 Å². The zero-order chi connectivity index (χ0) is 12.4. The van der Waals surface area contributed by atoms with Crippen molar-refractivity contribution in [1.29, 1.82) is 0 Å². The number of rotatable bonds is 5. The van der Waals surface area contributed by atoms with E-state index in [-0.39, 0.29) is 0 Å². The van der Waals surface area contributed by atoms with Crippen LogP contribution in [0.4, 0.5) is 0 Å². The summed E-state index contributed by atoms with van der Waals surface area (Å²) in [5.74, 6) is 0. The van der Waals surface area contributed by atoms with Gasteiger partial charge in [0.05, 0.1) is 0 Å². The standard InChI is InChI=1S/C14H21BrN2/c1-3-17(12-6-7-12)14(9-16)11-5-4-10(2)13(15)8-11/h4-5,8,12,14H,3,6-7,9,16H2,1-2H3. The SMILES string of the molecule is CCN(C1CC1)C(CN)c1ccc(C)c(Br)c1. The molecule has 17 heavy (non-hydrogen) atoms. The van der Waals surface area contributed by atoms with Gasteiger partial charge in [0.25, 0.3) is 0 Å².